The summed E-state index contributed by atoms with van der Waals surface area (Å²) >= 11 is 0. The Labute approximate surface area is 176 Å². The van der Waals surface area contributed by atoms with Crippen molar-refractivity contribution in [1.29, 1.82) is 0 Å². The molecule has 0 saturated heterocycles. The molecule has 0 aromatic heterocycles. The number of fused-ring (bicyclic) bond motifs is 2. The molecule has 0 saturated carbocycles. The third-order valence-electron chi connectivity index (χ3n) is 4.90. The van der Waals surface area contributed by atoms with Crippen LogP contribution >= 0.6 is 0 Å². The van der Waals surface area contributed by atoms with Crippen LogP contribution in [0.4, 0.5) is 0 Å². The summed E-state index contributed by atoms with van der Waals surface area (Å²) in [5, 5.41) is 5.32. The third-order valence-corrected chi connectivity index (χ3v) is 4.90. The highest BCUT2D eigenvalue weighted by Gasteiger charge is 1.92. The SMILES string of the molecule is C=C/C(C)=C\C.CCc1ccc2ccccc2c1.Cc1ccc2ccccc2c1. The Morgan fingerprint density at radius 3 is 1.76 bits per heavy atom. The van der Waals surface area contributed by atoms with E-state index < -0.39 is 0 Å². The molecule has 0 nitrogen and oxygen atoms in total. The van der Waals surface area contributed by atoms with E-state index in [9.17, 15) is 0 Å². The normalized spacial score (nSPS) is 10.6. The van der Waals surface area contributed by atoms with E-state index in [0.29, 0.717) is 0 Å². The molecule has 0 aliphatic rings. The largest absolute Gasteiger partial charge is 0.0988 e. The maximum atomic E-state index is 3.56. The van der Waals surface area contributed by atoms with Gasteiger partial charge >= 0.3 is 0 Å². The minimum atomic E-state index is 1.12. The lowest BCUT2D eigenvalue weighted by Crippen LogP contribution is -1.79. The van der Waals surface area contributed by atoms with Gasteiger partial charge in [-0.05, 0) is 54.3 Å². The molecule has 4 aromatic rings. The summed E-state index contributed by atoms with van der Waals surface area (Å²) in [6, 6.07) is 30.0. The van der Waals surface area contributed by atoms with Crippen molar-refractivity contribution in [2.45, 2.75) is 34.1 Å². The average Bonchev–Trinajstić information content (AvgIpc) is 2.78. The highest BCUT2D eigenvalue weighted by atomic mass is 14.0. The molecule has 0 amide bonds. The Kier molecular flexibility index (Phi) is 8.92. The van der Waals surface area contributed by atoms with E-state index in [0.717, 1.165) is 6.42 Å². The molecule has 0 fully saturated rings. The minimum Gasteiger partial charge on any atom is -0.0988 e. The Morgan fingerprint density at radius 2 is 1.28 bits per heavy atom. The van der Waals surface area contributed by atoms with E-state index in [2.05, 4.69) is 105 Å². The molecule has 0 aliphatic carbocycles. The molecule has 0 atom stereocenters. The molecule has 0 heteroatoms. The number of benzene rings is 4. The predicted molar refractivity (Wildman–Crippen MR) is 132 cm³/mol. The summed E-state index contributed by atoms with van der Waals surface area (Å²) in [6.45, 7) is 11.9. The maximum absolute atomic E-state index is 3.56. The van der Waals surface area contributed by atoms with Gasteiger partial charge in [0.1, 0.15) is 0 Å². The molecule has 4 rings (SSSR count). The summed E-state index contributed by atoms with van der Waals surface area (Å²) in [5.74, 6) is 0. The van der Waals surface area contributed by atoms with Crippen molar-refractivity contribution in [2.75, 3.05) is 0 Å². The average molecular weight is 381 g/mol. The van der Waals surface area contributed by atoms with E-state index in [1.807, 2.05) is 26.0 Å². The van der Waals surface area contributed by atoms with Gasteiger partial charge in [-0.2, -0.15) is 0 Å². The second-order valence-corrected chi connectivity index (χ2v) is 7.12. The van der Waals surface area contributed by atoms with Crippen molar-refractivity contribution in [3.63, 3.8) is 0 Å². The Morgan fingerprint density at radius 1 is 0.759 bits per heavy atom. The fourth-order valence-electron chi connectivity index (χ4n) is 2.89. The number of allylic oxidation sites excluding steroid dienone is 3. The Balaban J connectivity index is 0.000000165. The smallest absolute Gasteiger partial charge is 0.0181 e. The van der Waals surface area contributed by atoms with Gasteiger partial charge in [-0.15, -0.1) is 0 Å². The highest BCUT2D eigenvalue weighted by molar-refractivity contribution is 5.83. The monoisotopic (exact) mass is 380 g/mol. The van der Waals surface area contributed by atoms with Crippen LogP contribution in [-0.4, -0.2) is 0 Å². The summed E-state index contributed by atoms with van der Waals surface area (Å²) in [5.41, 5.74) is 3.97. The van der Waals surface area contributed by atoms with Crippen molar-refractivity contribution in [2.24, 2.45) is 0 Å². The zero-order valence-electron chi connectivity index (χ0n) is 18.2. The third kappa shape index (κ3) is 7.08. The number of aryl methyl sites for hydroxylation is 2. The van der Waals surface area contributed by atoms with Gasteiger partial charge < -0.3 is 0 Å². The van der Waals surface area contributed by atoms with Crippen LogP contribution in [0.25, 0.3) is 21.5 Å². The second kappa shape index (κ2) is 11.7. The summed E-state index contributed by atoms with van der Waals surface area (Å²) < 4.78 is 0. The molecule has 0 radical (unpaired) electrons. The lowest BCUT2D eigenvalue weighted by molar-refractivity contribution is 1.15. The zero-order valence-corrected chi connectivity index (χ0v) is 18.2. The second-order valence-electron chi connectivity index (χ2n) is 7.12. The van der Waals surface area contributed by atoms with Gasteiger partial charge in [0.2, 0.25) is 0 Å². The van der Waals surface area contributed by atoms with Crippen LogP contribution in [-0.2, 0) is 6.42 Å². The molecule has 148 valence electrons. The summed E-state index contributed by atoms with van der Waals surface area (Å²) in [7, 11) is 0. The molecule has 0 aliphatic heterocycles. The van der Waals surface area contributed by atoms with Crippen molar-refractivity contribution < 1.29 is 0 Å². The van der Waals surface area contributed by atoms with Crippen molar-refractivity contribution in [3.05, 3.63) is 120 Å². The molecule has 29 heavy (non-hydrogen) atoms. The highest BCUT2D eigenvalue weighted by Crippen LogP contribution is 2.16. The van der Waals surface area contributed by atoms with Gasteiger partial charge in [0, 0.05) is 0 Å². The minimum absolute atomic E-state index is 1.12. The van der Waals surface area contributed by atoms with Gasteiger partial charge in [-0.3, -0.25) is 0 Å². The maximum Gasteiger partial charge on any atom is -0.0181 e. The number of rotatable bonds is 2. The van der Waals surface area contributed by atoms with Crippen LogP contribution in [0.1, 0.15) is 31.9 Å². The fourth-order valence-corrected chi connectivity index (χ4v) is 2.89. The first kappa shape index (κ1) is 22.2. The first-order valence-electron chi connectivity index (χ1n) is 10.3. The molecule has 0 bridgehead atoms. The zero-order chi connectivity index (χ0) is 21.1. The topological polar surface area (TPSA) is 0 Å². The standard InChI is InChI=1S/C12H12.C11H10.C6H10/c1-2-10-7-8-11-5-3-4-6-12(11)9-10;1-9-6-7-10-4-2-3-5-11(10)8-9;1-4-6(3)5-2/h3-9H,2H2,1H3;2-8H,1H3;4-5H,1H2,2-3H3/b;;6-5-. The van der Waals surface area contributed by atoms with E-state index in [1.165, 1.54) is 38.2 Å². The molecule has 0 unspecified atom stereocenters. The number of hydrogen-bond acceptors (Lipinski definition) is 0. The van der Waals surface area contributed by atoms with Gasteiger partial charge in [-0.25, -0.2) is 0 Å². The molecular formula is C29H32. The fraction of sp³-hybridized carbons (Fsp3) is 0.172. The van der Waals surface area contributed by atoms with Crippen molar-refractivity contribution >= 4 is 21.5 Å². The quantitative estimate of drug-likeness (QED) is 0.305. The lowest BCUT2D eigenvalue weighted by atomic mass is 10.1. The van der Waals surface area contributed by atoms with Crippen LogP contribution < -0.4 is 0 Å². The van der Waals surface area contributed by atoms with E-state index in [-0.39, 0.29) is 0 Å². The molecule has 0 N–H and O–H groups in total. The number of hydrogen-bond donors (Lipinski definition) is 0. The molecule has 0 heterocycles. The van der Waals surface area contributed by atoms with Gasteiger partial charge in [0.15, 0.2) is 0 Å². The Bertz CT molecular complexity index is 1080. The Hall–Kier alpha value is -3.12. The summed E-state index contributed by atoms with van der Waals surface area (Å²) in [6.07, 6.45) is 4.97. The molecular weight excluding hydrogens is 348 g/mol. The van der Waals surface area contributed by atoms with Gasteiger partial charge in [0.25, 0.3) is 0 Å². The van der Waals surface area contributed by atoms with Crippen LogP contribution in [0.15, 0.2) is 109 Å². The first-order chi connectivity index (χ1) is 14.1. The van der Waals surface area contributed by atoms with Gasteiger partial charge in [0.05, 0.1) is 0 Å². The van der Waals surface area contributed by atoms with Crippen LogP contribution in [0.2, 0.25) is 0 Å². The van der Waals surface area contributed by atoms with Crippen molar-refractivity contribution in [3.8, 4) is 0 Å². The van der Waals surface area contributed by atoms with E-state index in [1.54, 1.807) is 0 Å². The van der Waals surface area contributed by atoms with Crippen LogP contribution in [0.3, 0.4) is 0 Å². The summed E-state index contributed by atoms with van der Waals surface area (Å²) in [4.78, 5) is 0. The van der Waals surface area contributed by atoms with E-state index in [4.69, 9.17) is 0 Å². The van der Waals surface area contributed by atoms with Crippen molar-refractivity contribution in [1.82, 2.24) is 0 Å². The van der Waals surface area contributed by atoms with Gasteiger partial charge in [-0.1, -0.05) is 122 Å². The van der Waals surface area contributed by atoms with E-state index >= 15 is 0 Å². The lowest BCUT2D eigenvalue weighted by Gasteiger charge is -1.99. The van der Waals surface area contributed by atoms with Crippen LogP contribution in [0, 0.1) is 6.92 Å². The predicted octanol–water partition coefficient (Wildman–Crippen LogP) is 8.69. The molecule has 4 aromatic carbocycles. The first-order valence-corrected chi connectivity index (χ1v) is 10.3. The molecule has 0 spiro atoms. The van der Waals surface area contributed by atoms with Crippen LogP contribution in [0.5, 0.6) is 0 Å².